The number of carbonyl (C=O) groups excluding carboxylic acids is 1. The Morgan fingerprint density at radius 3 is 2.52 bits per heavy atom. The molecule has 2 heterocycles. The third kappa shape index (κ3) is 4.14. The van der Waals surface area contributed by atoms with Crippen molar-refractivity contribution in [1.82, 2.24) is 9.21 Å². The third-order valence-corrected chi connectivity index (χ3v) is 7.37. The van der Waals surface area contributed by atoms with E-state index in [1.165, 1.54) is 22.5 Å². The molecule has 2 saturated heterocycles. The standard InChI is InChI=1S/C18H25N3O5S/c1-14-8-11-19(12-9-14)18(22)17-7-2-3-10-20(17)27(25,26)16-6-4-5-15(13-16)21(23)24/h4-6,13-14,17H,2-3,7-12H2,1H3/t17-/m1/s1. The van der Waals surface area contributed by atoms with E-state index >= 15 is 0 Å². The molecule has 0 bridgehead atoms. The number of hydrogen-bond donors (Lipinski definition) is 0. The summed E-state index contributed by atoms with van der Waals surface area (Å²) in [4.78, 5) is 25.0. The van der Waals surface area contributed by atoms with Crippen LogP contribution >= 0.6 is 0 Å². The zero-order valence-corrected chi connectivity index (χ0v) is 16.2. The molecule has 0 aliphatic carbocycles. The molecular formula is C18H25N3O5S. The first-order chi connectivity index (χ1) is 12.8. The maximum atomic E-state index is 13.1. The van der Waals surface area contributed by atoms with Crippen LogP contribution < -0.4 is 0 Å². The summed E-state index contributed by atoms with van der Waals surface area (Å²) in [6, 6.07) is 4.30. The van der Waals surface area contributed by atoms with Crippen LogP contribution in [0.25, 0.3) is 0 Å². The average molecular weight is 395 g/mol. The fourth-order valence-corrected chi connectivity index (χ4v) is 5.46. The van der Waals surface area contributed by atoms with Gasteiger partial charge in [0.1, 0.15) is 6.04 Å². The van der Waals surface area contributed by atoms with Gasteiger partial charge < -0.3 is 4.90 Å². The van der Waals surface area contributed by atoms with Gasteiger partial charge in [-0.2, -0.15) is 4.31 Å². The summed E-state index contributed by atoms with van der Waals surface area (Å²) in [6.07, 6.45) is 3.81. The zero-order chi connectivity index (χ0) is 19.6. The maximum Gasteiger partial charge on any atom is 0.270 e. The highest BCUT2D eigenvalue weighted by Crippen LogP contribution is 2.29. The number of non-ortho nitro benzene ring substituents is 1. The molecule has 0 aromatic heterocycles. The van der Waals surface area contributed by atoms with Crippen molar-refractivity contribution >= 4 is 21.6 Å². The Kier molecular flexibility index (Phi) is 5.81. The van der Waals surface area contributed by atoms with Gasteiger partial charge in [-0.25, -0.2) is 8.42 Å². The zero-order valence-electron chi connectivity index (χ0n) is 15.4. The lowest BCUT2D eigenvalue weighted by atomic mass is 9.97. The Morgan fingerprint density at radius 1 is 1.15 bits per heavy atom. The van der Waals surface area contributed by atoms with Gasteiger partial charge in [-0.05, 0) is 37.7 Å². The molecule has 0 radical (unpaired) electrons. The Bertz CT molecular complexity index is 818. The number of nitro benzene ring substituents is 1. The third-order valence-electron chi connectivity index (χ3n) is 5.47. The number of nitro groups is 1. The SMILES string of the molecule is CC1CCN(C(=O)[C@H]2CCCCN2S(=O)(=O)c2cccc([N+](=O)[O-])c2)CC1. The highest BCUT2D eigenvalue weighted by atomic mass is 32.2. The fraction of sp³-hybridized carbons (Fsp3) is 0.611. The number of sulfonamides is 1. The van der Waals surface area contributed by atoms with Crippen molar-refractivity contribution in [1.29, 1.82) is 0 Å². The van der Waals surface area contributed by atoms with Crippen LogP contribution in [0.3, 0.4) is 0 Å². The second kappa shape index (κ2) is 7.93. The first-order valence-electron chi connectivity index (χ1n) is 9.36. The van der Waals surface area contributed by atoms with E-state index in [1.807, 2.05) is 0 Å². The number of likely N-dealkylation sites (tertiary alicyclic amines) is 1. The Hall–Kier alpha value is -2.00. The van der Waals surface area contributed by atoms with Crippen LogP contribution in [0.1, 0.15) is 39.0 Å². The molecule has 2 fully saturated rings. The minimum atomic E-state index is -3.98. The van der Waals surface area contributed by atoms with Crippen molar-refractivity contribution in [3.05, 3.63) is 34.4 Å². The molecule has 8 nitrogen and oxygen atoms in total. The number of benzene rings is 1. The largest absolute Gasteiger partial charge is 0.341 e. The lowest BCUT2D eigenvalue weighted by Gasteiger charge is -2.38. The van der Waals surface area contributed by atoms with Gasteiger partial charge in [0.15, 0.2) is 0 Å². The molecule has 27 heavy (non-hydrogen) atoms. The van der Waals surface area contributed by atoms with Crippen molar-refractivity contribution in [2.45, 2.75) is 50.0 Å². The normalized spacial score (nSPS) is 22.6. The van der Waals surface area contributed by atoms with E-state index in [2.05, 4.69) is 6.92 Å². The minimum Gasteiger partial charge on any atom is -0.341 e. The van der Waals surface area contributed by atoms with Gasteiger partial charge in [0.05, 0.1) is 9.82 Å². The van der Waals surface area contributed by atoms with E-state index in [1.54, 1.807) is 4.90 Å². The van der Waals surface area contributed by atoms with E-state index in [4.69, 9.17) is 0 Å². The monoisotopic (exact) mass is 395 g/mol. The predicted octanol–water partition coefficient (Wildman–Crippen LogP) is 2.40. The topological polar surface area (TPSA) is 101 Å². The number of nitrogens with zero attached hydrogens (tertiary/aromatic N) is 3. The lowest BCUT2D eigenvalue weighted by molar-refractivity contribution is -0.385. The molecule has 3 rings (SSSR count). The number of rotatable bonds is 4. The fourth-order valence-electron chi connectivity index (χ4n) is 3.77. The summed E-state index contributed by atoms with van der Waals surface area (Å²) in [5.74, 6) is 0.431. The van der Waals surface area contributed by atoms with Crippen LogP contribution in [0.15, 0.2) is 29.2 Å². The van der Waals surface area contributed by atoms with Gasteiger partial charge in [-0.15, -0.1) is 0 Å². The van der Waals surface area contributed by atoms with Crippen molar-refractivity contribution in [2.75, 3.05) is 19.6 Å². The molecule has 148 valence electrons. The van der Waals surface area contributed by atoms with Crippen LogP contribution in [0.4, 0.5) is 5.69 Å². The van der Waals surface area contributed by atoms with Gasteiger partial charge in [0.2, 0.25) is 15.9 Å². The van der Waals surface area contributed by atoms with Crippen LogP contribution in [0.2, 0.25) is 0 Å². The van der Waals surface area contributed by atoms with E-state index < -0.39 is 21.0 Å². The second-order valence-electron chi connectivity index (χ2n) is 7.39. The first-order valence-corrected chi connectivity index (χ1v) is 10.8. The Morgan fingerprint density at radius 2 is 1.85 bits per heavy atom. The molecule has 2 aliphatic rings. The molecule has 0 N–H and O–H groups in total. The van der Waals surface area contributed by atoms with E-state index in [0.29, 0.717) is 31.8 Å². The number of carbonyl (C=O) groups is 1. The summed E-state index contributed by atoms with van der Waals surface area (Å²) < 4.78 is 27.5. The van der Waals surface area contributed by atoms with Gasteiger partial charge >= 0.3 is 0 Å². The van der Waals surface area contributed by atoms with Crippen molar-refractivity contribution in [3.63, 3.8) is 0 Å². The highest BCUT2D eigenvalue weighted by molar-refractivity contribution is 7.89. The van der Waals surface area contributed by atoms with Crippen LogP contribution in [0, 0.1) is 16.0 Å². The van der Waals surface area contributed by atoms with Gasteiger partial charge in [0, 0.05) is 31.8 Å². The molecular weight excluding hydrogens is 370 g/mol. The number of hydrogen-bond acceptors (Lipinski definition) is 5. The lowest BCUT2D eigenvalue weighted by Crippen LogP contribution is -2.54. The molecule has 2 aliphatic heterocycles. The molecule has 0 saturated carbocycles. The van der Waals surface area contributed by atoms with E-state index in [0.717, 1.165) is 25.3 Å². The first kappa shape index (κ1) is 19.8. The predicted molar refractivity (Wildman–Crippen MR) is 99.6 cm³/mol. The summed E-state index contributed by atoms with van der Waals surface area (Å²) >= 11 is 0. The second-order valence-corrected chi connectivity index (χ2v) is 9.28. The smallest absolute Gasteiger partial charge is 0.270 e. The summed E-state index contributed by atoms with van der Waals surface area (Å²) in [5, 5.41) is 11.0. The van der Waals surface area contributed by atoms with Crippen molar-refractivity contribution in [3.8, 4) is 0 Å². The molecule has 1 aromatic rings. The molecule has 1 aromatic carbocycles. The molecule has 0 unspecified atom stereocenters. The van der Waals surface area contributed by atoms with E-state index in [-0.39, 0.29) is 23.0 Å². The molecule has 9 heteroatoms. The summed E-state index contributed by atoms with van der Waals surface area (Å²) in [7, 11) is -3.98. The van der Waals surface area contributed by atoms with E-state index in [9.17, 15) is 23.3 Å². The van der Waals surface area contributed by atoms with Crippen LogP contribution in [-0.2, 0) is 14.8 Å². The number of piperidine rings is 2. The Labute approximate surface area is 159 Å². The van der Waals surface area contributed by atoms with Gasteiger partial charge in [-0.3, -0.25) is 14.9 Å². The van der Waals surface area contributed by atoms with Crippen molar-refractivity contribution in [2.24, 2.45) is 5.92 Å². The molecule has 0 spiro atoms. The van der Waals surface area contributed by atoms with Crippen LogP contribution in [0.5, 0.6) is 0 Å². The van der Waals surface area contributed by atoms with Crippen LogP contribution in [-0.4, -0.2) is 54.1 Å². The summed E-state index contributed by atoms with van der Waals surface area (Å²) in [6.45, 7) is 3.72. The summed E-state index contributed by atoms with van der Waals surface area (Å²) in [5.41, 5.74) is -0.277. The van der Waals surface area contributed by atoms with Gasteiger partial charge in [0.25, 0.3) is 5.69 Å². The average Bonchev–Trinajstić information content (AvgIpc) is 2.68. The van der Waals surface area contributed by atoms with Gasteiger partial charge in [-0.1, -0.05) is 19.4 Å². The quantitative estimate of drug-likeness (QED) is 0.575. The minimum absolute atomic E-state index is 0.135. The van der Waals surface area contributed by atoms with Crippen molar-refractivity contribution < 1.29 is 18.1 Å². The molecule has 1 amide bonds. The molecule has 1 atom stereocenters. The number of amides is 1. The highest BCUT2D eigenvalue weighted by Gasteiger charge is 2.40. The Balaban J connectivity index is 1.87. The maximum absolute atomic E-state index is 13.1.